The minimum atomic E-state index is -3.21. The molecular formula is C19H25NO3S. The molecule has 0 unspecified atom stereocenters. The van der Waals surface area contributed by atoms with Crippen LogP contribution in [0.3, 0.4) is 0 Å². The molecule has 1 N–H and O–H groups in total. The standard InChI is InChI=1S/C19H25NO3S/c1-15(17-8-5-4-6-9-17)16(2)20-12-13-23-18-10-7-11-19(14-18)24(3,21)22/h4-11,14-16,20H,12-13H2,1-3H3/t15-,16-/m1/s1. The Morgan fingerprint density at radius 2 is 1.75 bits per heavy atom. The van der Waals surface area contributed by atoms with Crippen molar-refractivity contribution in [3.05, 3.63) is 60.2 Å². The van der Waals surface area contributed by atoms with Gasteiger partial charge in [-0.25, -0.2) is 8.42 Å². The molecule has 0 saturated heterocycles. The lowest BCUT2D eigenvalue weighted by atomic mass is 9.94. The SMILES string of the molecule is C[C@@H](NCCOc1cccc(S(C)(=O)=O)c1)[C@@H](C)c1ccccc1. The highest BCUT2D eigenvalue weighted by molar-refractivity contribution is 7.90. The monoisotopic (exact) mass is 347 g/mol. The van der Waals surface area contributed by atoms with Crippen LogP contribution in [-0.2, 0) is 9.84 Å². The average Bonchev–Trinajstić information content (AvgIpc) is 2.58. The van der Waals surface area contributed by atoms with Crippen LogP contribution in [0.5, 0.6) is 5.75 Å². The highest BCUT2D eigenvalue weighted by Gasteiger charge is 2.13. The van der Waals surface area contributed by atoms with Gasteiger partial charge in [0.05, 0.1) is 4.90 Å². The minimum Gasteiger partial charge on any atom is -0.492 e. The van der Waals surface area contributed by atoms with E-state index >= 15 is 0 Å². The smallest absolute Gasteiger partial charge is 0.175 e. The first-order valence-corrected chi connectivity index (χ1v) is 9.98. The second kappa shape index (κ2) is 8.31. The van der Waals surface area contributed by atoms with Crippen molar-refractivity contribution in [1.82, 2.24) is 5.32 Å². The first-order chi connectivity index (χ1) is 11.4. The molecule has 0 amide bonds. The molecule has 5 heteroatoms. The van der Waals surface area contributed by atoms with Crippen molar-refractivity contribution in [3.63, 3.8) is 0 Å². The summed E-state index contributed by atoms with van der Waals surface area (Å²) in [6.07, 6.45) is 1.19. The highest BCUT2D eigenvalue weighted by Crippen LogP contribution is 2.19. The van der Waals surface area contributed by atoms with Crippen LogP contribution in [0.1, 0.15) is 25.3 Å². The lowest BCUT2D eigenvalue weighted by Gasteiger charge is -2.22. The molecule has 0 spiro atoms. The van der Waals surface area contributed by atoms with Crippen molar-refractivity contribution < 1.29 is 13.2 Å². The summed E-state index contributed by atoms with van der Waals surface area (Å²) in [5.74, 6) is 0.975. The topological polar surface area (TPSA) is 55.4 Å². The quantitative estimate of drug-likeness (QED) is 0.745. The van der Waals surface area contributed by atoms with E-state index in [0.717, 1.165) is 0 Å². The molecule has 0 radical (unpaired) electrons. The first-order valence-electron chi connectivity index (χ1n) is 8.09. The third-order valence-electron chi connectivity index (χ3n) is 4.15. The molecule has 4 nitrogen and oxygen atoms in total. The summed E-state index contributed by atoms with van der Waals surface area (Å²) in [6, 6.07) is 17.3. The largest absolute Gasteiger partial charge is 0.492 e. The fourth-order valence-electron chi connectivity index (χ4n) is 2.47. The second-order valence-electron chi connectivity index (χ2n) is 6.04. The Kier molecular flexibility index (Phi) is 6.40. The van der Waals surface area contributed by atoms with Crippen LogP contribution in [-0.4, -0.2) is 33.9 Å². The fraction of sp³-hybridized carbons (Fsp3) is 0.368. The summed E-state index contributed by atoms with van der Waals surface area (Å²) in [5, 5.41) is 3.45. The summed E-state index contributed by atoms with van der Waals surface area (Å²) in [4.78, 5) is 0.277. The van der Waals surface area contributed by atoms with Gasteiger partial charge in [0, 0.05) is 18.8 Å². The maximum absolute atomic E-state index is 11.5. The lowest BCUT2D eigenvalue weighted by molar-refractivity contribution is 0.302. The van der Waals surface area contributed by atoms with Gasteiger partial charge in [0.1, 0.15) is 12.4 Å². The second-order valence-corrected chi connectivity index (χ2v) is 8.05. The summed E-state index contributed by atoms with van der Waals surface area (Å²) < 4.78 is 28.7. The summed E-state index contributed by atoms with van der Waals surface area (Å²) >= 11 is 0. The molecule has 24 heavy (non-hydrogen) atoms. The molecule has 2 atom stereocenters. The lowest BCUT2D eigenvalue weighted by Crippen LogP contribution is -2.34. The minimum absolute atomic E-state index is 0.277. The van der Waals surface area contributed by atoms with Gasteiger partial charge in [0.25, 0.3) is 0 Å². The van der Waals surface area contributed by atoms with Crippen molar-refractivity contribution in [2.75, 3.05) is 19.4 Å². The summed E-state index contributed by atoms with van der Waals surface area (Å²) in [5.41, 5.74) is 1.30. The number of sulfone groups is 1. The summed E-state index contributed by atoms with van der Waals surface area (Å²) in [7, 11) is -3.21. The summed E-state index contributed by atoms with van der Waals surface area (Å²) in [6.45, 7) is 5.53. The Hall–Kier alpha value is -1.85. The van der Waals surface area contributed by atoms with E-state index in [-0.39, 0.29) is 4.90 Å². The third kappa shape index (κ3) is 5.35. The van der Waals surface area contributed by atoms with Crippen molar-refractivity contribution in [3.8, 4) is 5.75 Å². The number of benzene rings is 2. The van der Waals surface area contributed by atoms with Crippen LogP contribution in [0.2, 0.25) is 0 Å². The molecule has 0 saturated carbocycles. The van der Waals surface area contributed by atoms with Crippen LogP contribution in [0.25, 0.3) is 0 Å². The van der Waals surface area contributed by atoms with Crippen LogP contribution >= 0.6 is 0 Å². The van der Waals surface area contributed by atoms with Gasteiger partial charge in [0.2, 0.25) is 0 Å². The molecule has 2 aromatic carbocycles. The molecule has 0 heterocycles. The molecule has 0 aromatic heterocycles. The van der Waals surface area contributed by atoms with Gasteiger partial charge >= 0.3 is 0 Å². The zero-order chi connectivity index (χ0) is 17.6. The van der Waals surface area contributed by atoms with E-state index in [1.54, 1.807) is 24.3 Å². The first kappa shape index (κ1) is 18.5. The van der Waals surface area contributed by atoms with Crippen molar-refractivity contribution in [2.24, 2.45) is 0 Å². The molecular weight excluding hydrogens is 322 g/mol. The number of rotatable bonds is 8. The van der Waals surface area contributed by atoms with Crippen LogP contribution in [0.15, 0.2) is 59.5 Å². The third-order valence-corrected chi connectivity index (χ3v) is 5.26. The Labute approximate surface area is 144 Å². The molecule has 0 aliphatic heterocycles. The highest BCUT2D eigenvalue weighted by atomic mass is 32.2. The van der Waals surface area contributed by atoms with Gasteiger partial charge in [0.15, 0.2) is 9.84 Å². The van der Waals surface area contributed by atoms with Crippen molar-refractivity contribution in [1.29, 1.82) is 0 Å². The van der Waals surface area contributed by atoms with E-state index < -0.39 is 9.84 Å². The molecule has 0 bridgehead atoms. The zero-order valence-corrected chi connectivity index (χ0v) is 15.2. The maximum atomic E-state index is 11.5. The van der Waals surface area contributed by atoms with Crippen molar-refractivity contribution >= 4 is 9.84 Å². The zero-order valence-electron chi connectivity index (χ0n) is 14.4. The molecule has 0 aliphatic rings. The van der Waals surface area contributed by atoms with Gasteiger partial charge in [-0.3, -0.25) is 0 Å². The number of ether oxygens (including phenoxy) is 1. The van der Waals surface area contributed by atoms with Crippen molar-refractivity contribution in [2.45, 2.75) is 30.7 Å². The predicted molar refractivity (Wildman–Crippen MR) is 97.4 cm³/mol. The Morgan fingerprint density at radius 1 is 1.04 bits per heavy atom. The number of hydrogen-bond acceptors (Lipinski definition) is 4. The Bertz CT molecular complexity index is 744. The van der Waals surface area contributed by atoms with Gasteiger partial charge in [-0.1, -0.05) is 43.3 Å². The molecule has 0 fully saturated rings. The maximum Gasteiger partial charge on any atom is 0.175 e. The molecule has 130 valence electrons. The molecule has 0 aliphatic carbocycles. The molecule has 2 aromatic rings. The van der Waals surface area contributed by atoms with Crippen LogP contribution in [0.4, 0.5) is 0 Å². The van der Waals surface area contributed by atoms with E-state index in [1.165, 1.54) is 11.8 Å². The van der Waals surface area contributed by atoms with E-state index in [9.17, 15) is 8.42 Å². The van der Waals surface area contributed by atoms with Gasteiger partial charge in [-0.15, -0.1) is 0 Å². The number of hydrogen-bond donors (Lipinski definition) is 1. The van der Waals surface area contributed by atoms with E-state index in [2.05, 4.69) is 43.4 Å². The van der Waals surface area contributed by atoms with Gasteiger partial charge in [-0.05, 0) is 36.6 Å². The van der Waals surface area contributed by atoms with E-state index in [1.807, 2.05) is 6.07 Å². The van der Waals surface area contributed by atoms with Crippen LogP contribution < -0.4 is 10.1 Å². The fourth-order valence-corrected chi connectivity index (χ4v) is 3.13. The van der Waals surface area contributed by atoms with E-state index in [0.29, 0.717) is 30.9 Å². The number of nitrogens with one attached hydrogen (secondary N) is 1. The normalized spacial score (nSPS) is 14.1. The van der Waals surface area contributed by atoms with Gasteiger partial charge in [-0.2, -0.15) is 0 Å². The van der Waals surface area contributed by atoms with Crippen LogP contribution in [0, 0.1) is 0 Å². The Morgan fingerprint density at radius 3 is 2.42 bits per heavy atom. The van der Waals surface area contributed by atoms with E-state index in [4.69, 9.17) is 4.74 Å². The Balaban J connectivity index is 1.81. The molecule has 2 rings (SSSR count). The average molecular weight is 347 g/mol. The van der Waals surface area contributed by atoms with Gasteiger partial charge < -0.3 is 10.1 Å². The predicted octanol–water partition coefficient (Wildman–Crippen LogP) is 3.25.